The van der Waals surface area contributed by atoms with E-state index in [4.69, 9.17) is 0 Å². The molecular formula is C13H14N4O3S. The minimum atomic E-state index is -3.56. The van der Waals surface area contributed by atoms with E-state index in [-0.39, 0.29) is 16.7 Å². The predicted octanol–water partition coefficient (Wildman–Crippen LogP) is 0.726. The van der Waals surface area contributed by atoms with E-state index in [1.54, 1.807) is 29.2 Å². The highest BCUT2D eigenvalue weighted by molar-refractivity contribution is 7.89. The first-order chi connectivity index (χ1) is 9.98. The Kier molecular flexibility index (Phi) is 3.34. The van der Waals surface area contributed by atoms with E-state index < -0.39 is 10.0 Å². The molecule has 0 spiro atoms. The zero-order chi connectivity index (χ0) is 15.0. The smallest absolute Gasteiger partial charge is 0.243 e. The maximum atomic E-state index is 12.5. The van der Waals surface area contributed by atoms with Crippen molar-refractivity contribution in [2.45, 2.75) is 17.9 Å². The van der Waals surface area contributed by atoms with Crippen molar-refractivity contribution in [2.24, 2.45) is 0 Å². The first-order valence-corrected chi connectivity index (χ1v) is 7.89. The van der Waals surface area contributed by atoms with Gasteiger partial charge in [-0.2, -0.15) is 4.31 Å². The van der Waals surface area contributed by atoms with Gasteiger partial charge in [-0.15, -0.1) is 5.10 Å². The summed E-state index contributed by atoms with van der Waals surface area (Å²) in [6.45, 7) is 2.13. The van der Waals surface area contributed by atoms with Gasteiger partial charge in [-0.05, 0) is 19.1 Å². The third-order valence-corrected chi connectivity index (χ3v) is 5.35. The van der Waals surface area contributed by atoms with Crippen LogP contribution in [0, 0.1) is 0 Å². The number of nitrogens with zero attached hydrogens (tertiary/aromatic N) is 4. The number of hydrogen-bond acceptors (Lipinski definition) is 5. The van der Waals surface area contributed by atoms with Gasteiger partial charge in [0.1, 0.15) is 0 Å². The van der Waals surface area contributed by atoms with Crippen molar-refractivity contribution in [1.82, 2.24) is 19.3 Å². The van der Waals surface area contributed by atoms with E-state index in [0.717, 1.165) is 0 Å². The van der Waals surface area contributed by atoms with Gasteiger partial charge >= 0.3 is 0 Å². The number of carbonyl (C=O) groups excluding carboxylic acids is 1. The Morgan fingerprint density at radius 1 is 1.33 bits per heavy atom. The van der Waals surface area contributed by atoms with Gasteiger partial charge in [0.15, 0.2) is 5.78 Å². The summed E-state index contributed by atoms with van der Waals surface area (Å²) in [6, 6.07) is 6.12. The summed E-state index contributed by atoms with van der Waals surface area (Å²) in [4.78, 5) is 11.5. The molecule has 2 heterocycles. The highest BCUT2D eigenvalue weighted by Crippen LogP contribution is 2.27. The van der Waals surface area contributed by atoms with Crippen LogP contribution in [0.3, 0.4) is 0 Å². The Labute approximate surface area is 122 Å². The molecule has 1 aliphatic rings. The number of sulfonamides is 1. The predicted molar refractivity (Wildman–Crippen MR) is 74.3 cm³/mol. The van der Waals surface area contributed by atoms with Crippen LogP contribution in [0.1, 0.15) is 23.3 Å². The fourth-order valence-electron chi connectivity index (χ4n) is 2.22. The van der Waals surface area contributed by atoms with Gasteiger partial charge in [-0.1, -0.05) is 17.3 Å². The number of Topliss-reactive ketones (excluding diaryl/α,β-unsaturated/α-hetero) is 1. The summed E-state index contributed by atoms with van der Waals surface area (Å²) in [5.41, 5.74) is 0.393. The van der Waals surface area contributed by atoms with E-state index in [1.165, 1.54) is 23.4 Å². The molecular weight excluding hydrogens is 292 g/mol. The number of rotatable bonds is 4. The number of aromatic nitrogens is 3. The zero-order valence-corrected chi connectivity index (χ0v) is 12.2. The topological polar surface area (TPSA) is 85.2 Å². The Bertz CT molecular complexity index is 764. The fraction of sp³-hybridized carbons (Fsp3) is 0.308. The normalized spacial score (nSPS) is 16.6. The lowest BCUT2D eigenvalue weighted by atomic mass is 10.2. The standard InChI is InChI=1S/C13H14N4O3S/c1-10(18)11-3-2-4-13(7-11)21(19,20)16-8-12(9-16)17-6-5-14-15-17/h2-7,12H,8-9H2,1H3. The summed E-state index contributed by atoms with van der Waals surface area (Å²) in [5, 5.41) is 7.57. The van der Waals surface area contributed by atoms with Gasteiger partial charge in [-0.3, -0.25) is 4.79 Å². The fourth-order valence-corrected chi connectivity index (χ4v) is 3.78. The van der Waals surface area contributed by atoms with Crippen molar-refractivity contribution in [3.63, 3.8) is 0 Å². The molecule has 0 bridgehead atoms. The van der Waals surface area contributed by atoms with Crippen molar-refractivity contribution in [3.8, 4) is 0 Å². The molecule has 21 heavy (non-hydrogen) atoms. The van der Waals surface area contributed by atoms with E-state index in [0.29, 0.717) is 18.7 Å². The molecule has 8 heteroatoms. The first kappa shape index (κ1) is 13.9. The third-order valence-electron chi connectivity index (χ3n) is 3.52. The Hall–Kier alpha value is -2.06. The molecule has 0 amide bonds. The number of ketones is 1. The third kappa shape index (κ3) is 2.47. The molecule has 1 fully saturated rings. The Balaban J connectivity index is 1.79. The summed E-state index contributed by atoms with van der Waals surface area (Å²) < 4.78 is 28.0. The van der Waals surface area contributed by atoms with Crippen LogP contribution in [0.2, 0.25) is 0 Å². The molecule has 2 aromatic rings. The van der Waals surface area contributed by atoms with Gasteiger partial charge < -0.3 is 0 Å². The van der Waals surface area contributed by atoms with Crippen LogP contribution in [0.5, 0.6) is 0 Å². The molecule has 3 rings (SSSR count). The molecule has 0 radical (unpaired) electrons. The van der Waals surface area contributed by atoms with Gasteiger partial charge in [0.05, 0.1) is 17.1 Å². The highest BCUT2D eigenvalue weighted by atomic mass is 32.2. The van der Waals surface area contributed by atoms with Gasteiger partial charge in [-0.25, -0.2) is 13.1 Å². The van der Waals surface area contributed by atoms with E-state index >= 15 is 0 Å². The maximum absolute atomic E-state index is 12.5. The van der Waals surface area contributed by atoms with Crippen molar-refractivity contribution in [3.05, 3.63) is 42.2 Å². The molecule has 1 aromatic carbocycles. The van der Waals surface area contributed by atoms with Crippen molar-refractivity contribution in [2.75, 3.05) is 13.1 Å². The van der Waals surface area contributed by atoms with Crippen LogP contribution in [0.15, 0.2) is 41.6 Å². The number of hydrogen-bond donors (Lipinski definition) is 0. The van der Waals surface area contributed by atoms with Crippen LogP contribution < -0.4 is 0 Å². The Morgan fingerprint density at radius 2 is 2.10 bits per heavy atom. The minimum absolute atomic E-state index is 0.0123. The number of benzene rings is 1. The molecule has 0 unspecified atom stereocenters. The van der Waals surface area contributed by atoms with Gasteiger partial charge in [0.2, 0.25) is 10.0 Å². The molecule has 1 saturated heterocycles. The average Bonchev–Trinajstić information content (AvgIpc) is 2.90. The lowest BCUT2D eigenvalue weighted by Gasteiger charge is -2.37. The molecule has 0 aliphatic carbocycles. The van der Waals surface area contributed by atoms with Crippen molar-refractivity contribution in [1.29, 1.82) is 0 Å². The van der Waals surface area contributed by atoms with Crippen molar-refractivity contribution >= 4 is 15.8 Å². The summed E-state index contributed by atoms with van der Waals surface area (Å²) in [6.07, 6.45) is 3.28. The van der Waals surface area contributed by atoms with Crippen LogP contribution in [-0.2, 0) is 10.0 Å². The SMILES string of the molecule is CC(=O)c1cccc(S(=O)(=O)N2CC(n3ccnn3)C2)c1. The molecule has 1 aliphatic heterocycles. The van der Waals surface area contributed by atoms with E-state index in [9.17, 15) is 13.2 Å². The zero-order valence-electron chi connectivity index (χ0n) is 11.4. The molecule has 0 atom stereocenters. The largest absolute Gasteiger partial charge is 0.295 e. The Morgan fingerprint density at radius 3 is 2.71 bits per heavy atom. The summed E-state index contributed by atoms with van der Waals surface area (Å²) in [7, 11) is -3.56. The second-order valence-electron chi connectivity index (χ2n) is 4.94. The quantitative estimate of drug-likeness (QED) is 0.777. The molecule has 7 nitrogen and oxygen atoms in total. The maximum Gasteiger partial charge on any atom is 0.243 e. The lowest BCUT2D eigenvalue weighted by molar-refractivity contribution is 0.101. The molecule has 110 valence electrons. The van der Waals surface area contributed by atoms with Crippen LogP contribution in [-0.4, -0.2) is 46.6 Å². The van der Waals surface area contributed by atoms with E-state index in [1.807, 2.05) is 0 Å². The average molecular weight is 306 g/mol. The second-order valence-corrected chi connectivity index (χ2v) is 6.88. The van der Waals surface area contributed by atoms with Crippen LogP contribution >= 0.6 is 0 Å². The first-order valence-electron chi connectivity index (χ1n) is 6.45. The second kappa shape index (κ2) is 5.05. The molecule has 1 aromatic heterocycles. The lowest BCUT2D eigenvalue weighted by Crippen LogP contribution is -2.50. The summed E-state index contributed by atoms with van der Waals surface area (Å²) >= 11 is 0. The highest BCUT2D eigenvalue weighted by Gasteiger charge is 2.38. The summed E-state index contributed by atoms with van der Waals surface area (Å²) in [5.74, 6) is -0.156. The van der Waals surface area contributed by atoms with Crippen molar-refractivity contribution < 1.29 is 13.2 Å². The monoisotopic (exact) mass is 306 g/mol. The van der Waals surface area contributed by atoms with E-state index in [2.05, 4.69) is 10.3 Å². The van der Waals surface area contributed by atoms with Crippen LogP contribution in [0.25, 0.3) is 0 Å². The minimum Gasteiger partial charge on any atom is -0.295 e. The number of carbonyl (C=O) groups is 1. The van der Waals surface area contributed by atoms with Gasteiger partial charge in [0.25, 0.3) is 0 Å². The van der Waals surface area contributed by atoms with Crippen LogP contribution in [0.4, 0.5) is 0 Å². The molecule has 0 saturated carbocycles. The molecule has 0 N–H and O–H groups in total. The van der Waals surface area contributed by atoms with Gasteiger partial charge in [0, 0.05) is 24.8 Å².